The molecule has 1 aliphatic heterocycles. The number of sulfonamides is 1. The minimum atomic E-state index is -3.53. The molecule has 7 heteroatoms. The molecule has 1 fully saturated rings. The second-order valence-corrected chi connectivity index (χ2v) is 8.74. The van der Waals surface area contributed by atoms with Gasteiger partial charge in [0.1, 0.15) is 0 Å². The fourth-order valence-electron chi connectivity index (χ4n) is 3.06. The lowest BCUT2D eigenvalue weighted by atomic mass is 10.1. The molecule has 1 aliphatic rings. The van der Waals surface area contributed by atoms with Crippen LogP contribution in [0, 0.1) is 13.8 Å². The highest BCUT2D eigenvalue weighted by Gasteiger charge is 2.30. The van der Waals surface area contributed by atoms with Crippen molar-refractivity contribution >= 4 is 15.9 Å². The second kappa shape index (κ2) is 9.30. The maximum absolute atomic E-state index is 12.9. The van der Waals surface area contributed by atoms with Crippen LogP contribution < -0.4 is 0 Å². The number of aryl methyl sites for hydroxylation is 2. The Morgan fingerprint density at radius 3 is 2.19 bits per heavy atom. The van der Waals surface area contributed by atoms with E-state index < -0.39 is 10.0 Å². The summed E-state index contributed by atoms with van der Waals surface area (Å²) in [6.07, 6.45) is 3.51. The van der Waals surface area contributed by atoms with Gasteiger partial charge in [-0.3, -0.25) is 9.69 Å². The normalized spacial score (nSPS) is 15.7. The van der Waals surface area contributed by atoms with Crippen LogP contribution in [0.5, 0.6) is 0 Å². The van der Waals surface area contributed by atoms with Gasteiger partial charge in [-0.1, -0.05) is 18.2 Å². The predicted octanol–water partition coefficient (Wildman–Crippen LogP) is 1.81. The van der Waals surface area contributed by atoms with Gasteiger partial charge in [0.15, 0.2) is 0 Å². The maximum atomic E-state index is 12.9. The van der Waals surface area contributed by atoms with E-state index in [9.17, 15) is 13.2 Å². The Kier molecular flexibility index (Phi) is 7.35. The number of hydrogen-bond donors (Lipinski definition) is 0. The van der Waals surface area contributed by atoms with Crippen LogP contribution >= 0.6 is 0 Å². The fraction of sp³-hybridized carbons (Fsp3) is 0.450. The van der Waals surface area contributed by atoms with Gasteiger partial charge in [0.05, 0.1) is 11.4 Å². The van der Waals surface area contributed by atoms with E-state index in [1.54, 1.807) is 29.2 Å². The number of rotatable bonds is 8. The van der Waals surface area contributed by atoms with Gasteiger partial charge >= 0.3 is 0 Å². The minimum Gasteiger partial charge on any atom is -0.339 e. The third-order valence-corrected chi connectivity index (χ3v) is 6.74. The van der Waals surface area contributed by atoms with Crippen LogP contribution in [0.1, 0.15) is 11.1 Å². The Balaban J connectivity index is 1.99. The molecule has 6 nitrogen and oxygen atoms in total. The van der Waals surface area contributed by atoms with E-state index in [-0.39, 0.29) is 12.5 Å². The molecule has 0 atom stereocenters. The van der Waals surface area contributed by atoms with E-state index in [1.165, 1.54) is 4.31 Å². The summed E-state index contributed by atoms with van der Waals surface area (Å²) in [5, 5.41) is 0. The van der Waals surface area contributed by atoms with Gasteiger partial charge in [-0.2, -0.15) is 4.31 Å². The summed E-state index contributed by atoms with van der Waals surface area (Å²) >= 11 is 0. The Morgan fingerprint density at radius 1 is 1.07 bits per heavy atom. The second-order valence-electron chi connectivity index (χ2n) is 6.80. The zero-order valence-electron chi connectivity index (χ0n) is 16.2. The van der Waals surface area contributed by atoms with Crippen LogP contribution in [-0.4, -0.2) is 74.2 Å². The van der Waals surface area contributed by atoms with E-state index in [0.717, 1.165) is 11.1 Å². The molecule has 0 spiro atoms. The molecule has 1 aromatic rings. The molecule has 27 heavy (non-hydrogen) atoms. The maximum Gasteiger partial charge on any atom is 0.243 e. The average Bonchev–Trinajstić information content (AvgIpc) is 2.64. The van der Waals surface area contributed by atoms with E-state index in [1.807, 2.05) is 24.8 Å². The largest absolute Gasteiger partial charge is 0.339 e. The number of nitrogens with zero attached hydrogens (tertiary/aromatic N) is 3. The van der Waals surface area contributed by atoms with Crippen molar-refractivity contribution in [2.24, 2.45) is 0 Å². The van der Waals surface area contributed by atoms with Crippen LogP contribution in [0.4, 0.5) is 0 Å². The summed E-state index contributed by atoms with van der Waals surface area (Å²) in [5.41, 5.74) is 2.02. The molecule has 1 aromatic carbocycles. The fourth-order valence-corrected chi connectivity index (χ4v) is 4.57. The van der Waals surface area contributed by atoms with Gasteiger partial charge in [-0.05, 0) is 37.1 Å². The van der Waals surface area contributed by atoms with E-state index in [0.29, 0.717) is 44.2 Å². The molecule has 1 amide bonds. The molecule has 0 N–H and O–H groups in total. The van der Waals surface area contributed by atoms with E-state index >= 15 is 0 Å². The predicted molar refractivity (Wildman–Crippen MR) is 108 cm³/mol. The zero-order valence-corrected chi connectivity index (χ0v) is 17.0. The summed E-state index contributed by atoms with van der Waals surface area (Å²) in [6, 6.07) is 5.19. The smallest absolute Gasteiger partial charge is 0.243 e. The molecule has 2 rings (SSSR count). The lowest BCUT2D eigenvalue weighted by molar-refractivity contribution is -0.133. The summed E-state index contributed by atoms with van der Waals surface area (Å²) in [6.45, 7) is 14.2. The van der Waals surface area contributed by atoms with Crippen LogP contribution in [-0.2, 0) is 14.8 Å². The third-order valence-electron chi connectivity index (χ3n) is 4.84. The number of hydrogen-bond acceptors (Lipinski definition) is 4. The number of benzene rings is 1. The van der Waals surface area contributed by atoms with Crippen LogP contribution in [0.3, 0.4) is 0 Å². The Labute approximate surface area is 162 Å². The molecule has 0 aromatic heterocycles. The molecule has 0 radical (unpaired) electrons. The van der Waals surface area contributed by atoms with Crippen molar-refractivity contribution in [3.63, 3.8) is 0 Å². The summed E-state index contributed by atoms with van der Waals surface area (Å²) in [5.74, 6) is 0.00179. The van der Waals surface area contributed by atoms with Gasteiger partial charge in [0, 0.05) is 39.3 Å². The first-order chi connectivity index (χ1) is 12.8. The molecule has 1 heterocycles. The first-order valence-electron chi connectivity index (χ1n) is 9.09. The molecule has 0 aliphatic carbocycles. The monoisotopic (exact) mass is 391 g/mol. The quantitative estimate of drug-likeness (QED) is 0.634. The van der Waals surface area contributed by atoms with Gasteiger partial charge in [0.25, 0.3) is 0 Å². The number of amides is 1. The SMILES string of the molecule is C=CCN(CC=C)CC(=O)N1CCN(S(=O)(=O)c2ccc(C)c(C)c2)CC1. The summed E-state index contributed by atoms with van der Waals surface area (Å²) < 4.78 is 27.2. The van der Waals surface area contributed by atoms with Gasteiger partial charge in [-0.25, -0.2) is 8.42 Å². The first-order valence-corrected chi connectivity index (χ1v) is 10.5. The van der Waals surface area contributed by atoms with E-state index in [4.69, 9.17) is 0 Å². The van der Waals surface area contributed by atoms with Crippen molar-refractivity contribution in [1.29, 1.82) is 0 Å². The third kappa shape index (κ3) is 5.28. The van der Waals surface area contributed by atoms with Gasteiger partial charge in [-0.15, -0.1) is 13.2 Å². The highest BCUT2D eigenvalue weighted by Crippen LogP contribution is 2.20. The summed E-state index contributed by atoms with van der Waals surface area (Å²) in [4.78, 5) is 16.5. The molecule has 0 saturated carbocycles. The molecular formula is C20H29N3O3S. The molecule has 0 bridgehead atoms. The van der Waals surface area contributed by atoms with Crippen LogP contribution in [0.25, 0.3) is 0 Å². The first kappa shape index (κ1) is 21.3. The highest BCUT2D eigenvalue weighted by atomic mass is 32.2. The standard InChI is InChI=1S/C20H29N3O3S/c1-5-9-21(10-6-2)16-20(24)22-11-13-23(14-12-22)27(25,26)19-8-7-17(3)18(4)15-19/h5-8,15H,1-2,9-14,16H2,3-4H3. The lowest BCUT2D eigenvalue weighted by Gasteiger charge is -2.35. The summed E-state index contributed by atoms with van der Waals surface area (Å²) in [7, 11) is -3.53. The number of carbonyl (C=O) groups is 1. The molecule has 0 unspecified atom stereocenters. The van der Waals surface area contributed by atoms with Crippen molar-refractivity contribution in [2.75, 3.05) is 45.8 Å². The van der Waals surface area contributed by atoms with Gasteiger partial charge in [0.2, 0.25) is 15.9 Å². The molecule has 148 valence electrons. The van der Waals surface area contributed by atoms with Crippen molar-refractivity contribution in [2.45, 2.75) is 18.7 Å². The van der Waals surface area contributed by atoms with Crippen LogP contribution in [0.15, 0.2) is 48.4 Å². The van der Waals surface area contributed by atoms with Crippen molar-refractivity contribution in [3.8, 4) is 0 Å². The number of piperazine rings is 1. The van der Waals surface area contributed by atoms with E-state index in [2.05, 4.69) is 13.2 Å². The Morgan fingerprint density at radius 2 is 1.67 bits per heavy atom. The van der Waals surface area contributed by atoms with Crippen molar-refractivity contribution in [1.82, 2.24) is 14.1 Å². The molecular weight excluding hydrogens is 362 g/mol. The minimum absolute atomic E-state index is 0.00179. The topological polar surface area (TPSA) is 60.9 Å². The average molecular weight is 392 g/mol. The molecule has 1 saturated heterocycles. The van der Waals surface area contributed by atoms with Crippen molar-refractivity contribution in [3.05, 3.63) is 54.6 Å². The Hall–Kier alpha value is -1.96. The lowest BCUT2D eigenvalue weighted by Crippen LogP contribution is -2.52. The number of carbonyl (C=O) groups excluding carboxylic acids is 1. The van der Waals surface area contributed by atoms with Crippen LogP contribution in [0.2, 0.25) is 0 Å². The highest BCUT2D eigenvalue weighted by molar-refractivity contribution is 7.89. The Bertz CT molecular complexity index is 787. The van der Waals surface area contributed by atoms with Crippen molar-refractivity contribution < 1.29 is 13.2 Å². The van der Waals surface area contributed by atoms with Gasteiger partial charge < -0.3 is 4.90 Å². The zero-order chi connectivity index (χ0) is 20.0.